The average Bonchev–Trinajstić information content (AvgIpc) is 1.85. The van der Waals surface area contributed by atoms with E-state index in [9.17, 15) is 9.00 Å². The normalized spacial score (nSPS) is 24.7. The van der Waals surface area contributed by atoms with Gasteiger partial charge in [-0.15, -0.1) is 0 Å². The lowest BCUT2D eigenvalue weighted by atomic mass is 10.3. The van der Waals surface area contributed by atoms with Crippen LogP contribution in [0, 0.1) is 0 Å². The highest BCUT2D eigenvalue weighted by molar-refractivity contribution is 7.79. The SMILES string of the molecule is CCC1=CC(=O)NS(=O)O1. The van der Waals surface area contributed by atoms with Gasteiger partial charge in [0.2, 0.25) is 0 Å². The third kappa shape index (κ3) is 1.57. The van der Waals surface area contributed by atoms with Gasteiger partial charge in [-0.25, -0.2) is 4.72 Å². The zero-order chi connectivity index (χ0) is 7.56. The molecule has 1 unspecified atom stereocenters. The first-order chi connectivity index (χ1) is 4.72. The zero-order valence-electron chi connectivity index (χ0n) is 5.42. The standard InChI is InChI=1S/C5H7NO3S/c1-2-4-3-5(7)6-10(8)9-4/h3H,2H2,1H3,(H,6,7). The Hall–Kier alpha value is -0.840. The molecule has 0 aromatic carbocycles. The number of nitrogens with one attached hydrogen (secondary N) is 1. The Balaban J connectivity index is 2.74. The summed E-state index contributed by atoms with van der Waals surface area (Å²) >= 11 is -1.67. The summed E-state index contributed by atoms with van der Waals surface area (Å²) in [6.07, 6.45) is 1.88. The first-order valence-corrected chi connectivity index (χ1v) is 3.91. The van der Waals surface area contributed by atoms with E-state index in [4.69, 9.17) is 4.18 Å². The molecule has 0 fully saturated rings. The molecule has 0 aromatic rings. The fraction of sp³-hybridized carbons (Fsp3) is 0.400. The Labute approximate surface area is 61.0 Å². The van der Waals surface area contributed by atoms with E-state index >= 15 is 0 Å². The van der Waals surface area contributed by atoms with Crippen molar-refractivity contribution in [1.29, 1.82) is 0 Å². The van der Waals surface area contributed by atoms with Gasteiger partial charge in [0, 0.05) is 12.5 Å². The predicted molar refractivity (Wildman–Crippen MR) is 35.7 cm³/mol. The number of carbonyl (C=O) groups excluding carboxylic acids is 1. The Bertz CT molecular complexity index is 211. The summed E-state index contributed by atoms with van der Waals surface area (Å²) < 4.78 is 17.3. The summed E-state index contributed by atoms with van der Waals surface area (Å²) in [4.78, 5) is 10.6. The topological polar surface area (TPSA) is 55.4 Å². The van der Waals surface area contributed by atoms with Crippen molar-refractivity contribution in [3.8, 4) is 0 Å². The molecule has 0 bridgehead atoms. The van der Waals surface area contributed by atoms with E-state index in [2.05, 4.69) is 4.72 Å². The Morgan fingerprint density at radius 3 is 3.00 bits per heavy atom. The van der Waals surface area contributed by atoms with Gasteiger partial charge in [0.25, 0.3) is 5.91 Å². The van der Waals surface area contributed by atoms with E-state index in [1.165, 1.54) is 6.08 Å². The molecule has 4 nitrogen and oxygen atoms in total. The number of carbonyl (C=O) groups is 1. The molecule has 1 aliphatic heterocycles. The molecular formula is C5H7NO3S. The number of hydrogen-bond acceptors (Lipinski definition) is 3. The highest BCUT2D eigenvalue weighted by Crippen LogP contribution is 2.07. The molecule has 5 heteroatoms. The number of hydrogen-bond donors (Lipinski definition) is 1. The third-order valence-electron chi connectivity index (χ3n) is 1.01. The minimum Gasteiger partial charge on any atom is -0.389 e. The molecular weight excluding hydrogens is 154 g/mol. The summed E-state index contributed by atoms with van der Waals surface area (Å²) in [6.45, 7) is 1.82. The molecule has 1 N–H and O–H groups in total. The Morgan fingerprint density at radius 1 is 1.80 bits per heavy atom. The lowest BCUT2D eigenvalue weighted by Gasteiger charge is -2.11. The van der Waals surface area contributed by atoms with Crippen LogP contribution in [0.3, 0.4) is 0 Å². The van der Waals surface area contributed by atoms with Gasteiger partial charge < -0.3 is 4.18 Å². The van der Waals surface area contributed by atoms with E-state index in [1.54, 1.807) is 0 Å². The van der Waals surface area contributed by atoms with Gasteiger partial charge in [0.05, 0.1) is 0 Å². The van der Waals surface area contributed by atoms with Crippen molar-refractivity contribution < 1.29 is 13.2 Å². The minimum absolute atomic E-state index is 0.360. The maximum atomic E-state index is 10.6. The van der Waals surface area contributed by atoms with Crippen LogP contribution < -0.4 is 4.72 Å². The van der Waals surface area contributed by atoms with Gasteiger partial charge in [-0.05, 0) is 0 Å². The fourth-order valence-electron chi connectivity index (χ4n) is 0.561. The minimum atomic E-state index is -1.67. The van der Waals surface area contributed by atoms with Crippen LogP contribution in [-0.4, -0.2) is 10.1 Å². The highest BCUT2D eigenvalue weighted by Gasteiger charge is 2.14. The summed E-state index contributed by atoms with van der Waals surface area (Å²) in [6, 6.07) is 0. The summed E-state index contributed by atoms with van der Waals surface area (Å²) in [5, 5.41) is 0. The highest BCUT2D eigenvalue weighted by atomic mass is 32.2. The monoisotopic (exact) mass is 161 g/mol. The van der Waals surface area contributed by atoms with Crippen LogP contribution in [0.1, 0.15) is 13.3 Å². The van der Waals surface area contributed by atoms with Crippen molar-refractivity contribution in [3.05, 3.63) is 11.8 Å². The van der Waals surface area contributed by atoms with Crippen LogP contribution >= 0.6 is 0 Å². The van der Waals surface area contributed by atoms with Crippen LogP contribution in [0.15, 0.2) is 11.8 Å². The summed E-state index contributed by atoms with van der Waals surface area (Å²) in [5.41, 5.74) is 0. The predicted octanol–water partition coefficient (Wildman–Crippen LogP) is 0.00540. The summed E-state index contributed by atoms with van der Waals surface area (Å²) in [5.74, 6) is 0.100. The number of rotatable bonds is 1. The van der Waals surface area contributed by atoms with E-state index in [0.717, 1.165) is 0 Å². The van der Waals surface area contributed by atoms with Crippen LogP contribution in [-0.2, 0) is 20.2 Å². The molecule has 0 spiro atoms. The van der Waals surface area contributed by atoms with Gasteiger partial charge in [-0.3, -0.25) is 4.79 Å². The maximum Gasteiger partial charge on any atom is 0.318 e. The largest absolute Gasteiger partial charge is 0.389 e. The lowest BCUT2D eigenvalue weighted by molar-refractivity contribution is -0.115. The number of amides is 1. The second kappa shape index (κ2) is 2.83. The average molecular weight is 161 g/mol. The van der Waals surface area contributed by atoms with Crippen LogP contribution in [0.4, 0.5) is 0 Å². The molecule has 1 heterocycles. The van der Waals surface area contributed by atoms with Gasteiger partial charge in [0.1, 0.15) is 5.76 Å². The van der Waals surface area contributed by atoms with Crippen molar-refractivity contribution in [3.63, 3.8) is 0 Å². The molecule has 1 aliphatic rings. The summed E-state index contributed by atoms with van der Waals surface area (Å²) in [7, 11) is 0. The second-order valence-electron chi connectivity index (χ2n) is 1.75. The van der Waals surface area contributed by atoms with E-state index < -0.39 is 11.3 Å². The second-order valence-corrected chi connectivity index (χ2v) is 2.59. The van der Waals surface area contributed by atoms with E-state index in [1.807, 2.05) is 6.92 Å². The van der Waals surface area contributed by atoms with Gasteiger partial charge >= 0.3 is 11.3 Å². The Kier molecular flexibility index (Phi) is 2.06. The fourth-order valence-corrected chi connectivity index (χ4v) is 1.19. The van der Waals surface area contributed by atoms with Crippen LogP contribution in [0.25, 0.3) is 0 Å². The lowest BCUT2D eigenvalue weighted by Crippen LogP contribution is -2.29. The third-order valence-corrected chi connectivity index (χ3v) is 1.74. The van der Waals surface area contributed by atoms with Crippen molar-refractivity contribution >= 4 is 17.2 Å². The molecule has 0 saturated heterocycles. The molecule has 0 aromatic heterocycles. The molecule has 56 valence electrons. The molecule has 0 saturated carbocycles. The quantitative estimate of drug-likeness (QED) is 0.589. The van der Waals surface area contributed by atoms with E-state index in [0.29, 0.717) is 12.2 Å². The van der Waals surface area contributed by atoms with Crippen LogP contribution in [0.2, 0.25) is 0 Å². The van der Waals surface area contributed by atoms with Crippen molar-refractivity contribution in [2.75, 3.05) is 0 Å². The van der Waals surface area contributed by atoms with Crippen molar-refractivity contribution in [2.45, 2.75) is 13.3 Å². The Morgan fingerprint density at radius 2 is 2.50 bits per heavy atom. The maximum absolute atomic E-state index is 10.6. The molecule has 10 heavy (non-hydrogen) atoms. The molecule has 1 rings (SSSR count). The van der Waals surface area contributed by atoms with Gasteiger partial charge in [-0.1, -0.05) is 6.92 Å². The first-order valence-electron chi connectivity index (χ1n) is 2.83. The number of allylic oxidation sites excluding steroid dienone is 1. The van der Waals surface area contributed by atoms with Gasteiger partial charge in [-0.2, -0.15) is 4.21 Å². The zero-order valence-corrected chi connectivity index (χ0v) is 6.23. The van der Waals surface area contributed by atoms with Crippen molar-refractivity contribution in [1.82, 2.24) is 4.72 Å². The smallest absolute Gasteiger partial charge is 0.318 e. The van der Waals surface area contributed by atoms with Crippen molar-refractivity contribution in [2.24, 2.45) is 0 Å². The first kappa shape index (κ1) is 7.27. The molecule has 1 amide bonds. The molecule has 0 aliphatic carbocycles. The van der Waals surface area contributed by atoms with E-state index in [-0.39, 0.29) is 5.91 Å². The molecule has 1 atom stereocenters. The van der Waals surface area contributed by atoms with Crippen LogP contribution in [0.5, 0.6) is 0 Å². The molecule has 0 radical (unpaired) electrons. The van der Waals surface area contributed by atoms with Gasteiger partial charge in [0.15, 0.2) is 0 Å².